The molecule has 1 aliphatic heterocycles. The van der Waals surface area contributed by atoms with E-state index in [4.69, 9.17) is 11.5 Å². The molecule has 394 valence electrons. The fourth-order valence-corrected chi connectivity index (χ4v) is 8.08. The van der Waals surface area contributed by atoms with Gasteiger partial charge in [-0.25, -0.2) is 9.78 Å². The summed E-state index contributed by atoms with van der Waals surface area (Å²) in [4.78, 5) is 141. The second-order valence-corrected chi connectivity index (χ2v) is 20.1. The predicted octanol–water partition coefficient (Wildman–Crippen LogP) is -2.23. The molecule has 0 bridgehead atoms. The lowest BCUT2D eigenvalue weighted by Gasteiger charge is -2.32. The number of aliphatic hydroxyl groups is 1. The van der Waals surface area contributed by atoms with E-state index in [1.54, 1.807) is 47.8 Å². The van der Waals surface area contributed by atoms with E-state index in [0.29, 0.717) is 17.9 Å². The molecule has 2 heterocycles. The zero-order valence-electron chi connectivity index (χ0n) is 41.8. The number of amides is 9. The van der Waals surface area contributed by atoms with Crippen molar-refractivity contribution in [3.63, 3.8) is 0 Å². The second kappa shape index (κ2) is 28.7. The number of aliphatic carboxylic acids is 1. The summed E-state index contributed by atoms with van der Waals surface area (Å²) in [5.74, 6) is -9.46. The number of carboxylic acids is 1. The van der Waals surface area contributed by atoms with Crippen LogP contribution in [-0.2, 0) is 54.4 Å². The molecule has 14 N–H and O–H groups in total. The van der Waals surface area contributed by atoms with Gasteiger partial charge in [-0.1, -0.05) is 55.4 Å². The highest BCUT2D eigenvalue weighted by molar-refractivity contribution is 7.98. The van der Waals surface area contributed by atoms with Crippen LogP contribution >= 0.6 is 11.8 Å². The number of nitrogens with zero attached hydrogens (tertiary/aromatic N) is 2. The number of aliphatic hydroxyl groups excluding tert-OH is 1. The average Bonchev–Trinajstić information content (AvgIpc) is 3.98. The van der Waals surface area contributed by atoms with Crippen LogP contribution in [0.25, 0.3) is 0 Å². The summed E-state index contributed by atoms with van der Waals surface area (Å²) in [6, 6.07) is -11.4. The largest absolute Gasteiger partial charge is 0.480 e. The van der Waals surface area contributed by atoms with Crippen molar-refractivity contribution in [3.05, 3.63) is 18.2 Å². The van der Waals surface area contributed by atoms with E-state index < -0.39 is 144 Å². The molecule has 25 heteroatoms. The Morgan fingerprint density at radius 3 is 1.77 bits per heavy atom. The molecule has 1 saturated heterocycles. The van der Waals surface area contributed by atoms with Gasteiger partial charge in [0, 0.05) is 24.9 Å². The Morgan fingerprint density at radius 2 is 1.26 bits per heavy atom. The Balaban J connectivity index is 2.32. The molecular weight excluding hydrogens is 933 g/mol. The standard InChI is InChI=1S/C45H76N12O12S/c1-21(2)16-29(51-37(60)27(46)18-32(47)59)39(62)54-34(23(5)6)44(67)57-14-11-12-31(57)41(64)50-28(13-15-70-10)38(61)53-33(22(3)4)42(65)52-30(17-26-19-48-20-49-26)40(63)56-36(25(9)58)43(66)55-35(24(7)8)45(68)69/h19-25,27-31,33-36,58H,11-18,46H2,1-10H3,(H2,47,59)(H,48,49)(H,50,64)(H,51,60)(H,52,65)(H,53,61)(H,54,62)(H,55,66)(H,56,63)(H,68,69)/t25-,27+,28+,29+,30+,31+,33+,34+,35+,36+/m1/s1. The van der Waals surface area contributed by atoms with Crippen LogP contribution in [0.4, 0.5) is 0 Å². The summed E-state index contributed by atoms with van der Waals surface area (Å²) >= 11 is 1.40. The van der Waals surface area contributed by atoms with Gasteiger partial charge in [0.1, 0.15) is 48.3 Å². The lowest BCUT2D eigenvalue weighted by molar-refractivity contribution is -0.144. The predicted molar refractivity (Wildman–Crippen MR) is 259 cm³/mol. The third kappa shape index (κ3) is 18.8. The zero-order valence-corrected chi connectivity index (χ0v) is 42.6. The minimum Gasteiger partial charge on any atom is -0.480 e. The maximum absolute atomic E-state index is 14.2. The number of hydrogen-bond donors (Lipinski definition) is 12. The number of nitrogens with one attached hydrogen (secondary N) is 8. The number of carbonyl (C=O) groups excluding carboxylic acids is 9. The van der Waals surface area contributed by atoms with Crippen molar-refractivity contribution >= 4 is 70.9 Å². The Hall–Kier alpha value is -5.82. The average molecular weight is 1010 g/mol. The van der Waals surface area contributed by atoms with Gasteiger partial charge < -0.3 is 68.8 Å². The highest BCUT2D eigenvalue weighted by Gasteiger charge is 2.41. The Bertz CT molecular complexity index is 1970. The first-order chi connectivity index (χ1) is 32.7. The van der Waals surface area contributed by atoms with Gasteiger partial charge in [-0.3, -0.25) is 43.2 Å². The molecule has 0 spiro atoms. The number of primary amides is 1. The van der Waals surface area contributed by atoms with Crippen molar-refractivity contribution < 1.29 is 58.2 Å². The lowest BCUT2D eigenvalue weighted by atomic mass is 9.98. The smallest absolute Gasteiger partial charge is 0.326 e. The zero-order chi connectivity index (χ0) is 53.2. The molecule has 0 unspecified atom stereocenters. The van der Waals surface area contributed by atoms with E-state index in [1.165, 1.54) is 36.1 Å². The number of carbonyl (C=O) groups is 10. The summed E-state index contributed by atoms with van der Waals surface area (Å²) in [6.07, 6.45) is 3.41. The summed E-state index contributed by atoms with van der Waals surface area (Å²) in [7, 11) is 0. The lowest BCUT2D eigenvalue weighted by Crippen LogP contribution is -2.62. The number of aromatic nitrogens is 2. The van der Waals surface area contributed by atoms with Crippen LogP contribution in [0.1, 0.15) is 100 Å². The molecule has 1 aromatic heterocycles. The highest BCUT2D eigenvalue weighted by Crippen LogP contribution is 2.22. The van der Waals surface area contributed by atoms with E-state index >= 15 is 0 Å². The molecule has 24 nitrogen and oxygen atoms in total. The molecule has 2 rings (SSSR count). The quantitative estimate of drug-likeness (QED) is 0.0404. The number of carboxylic acid groups (broad SMARTS) is 1. The van der Waals surface area contributed by atoms with Crippen LogP contribution in [0.5, 0.6) is 0 Å². The van der Waals surface area contributed by atoms with Crippen molar-refractivity contribution in [2.24, 2.45) is 35.1 Å². The number of aromatic amines is 1. The molecule has 1 aromatic rings. The van der Waals surface area contributed by atoms with Crippen LogP contribution in [0.2, 0.25) is 0 Å². The van der Waals surface area contributed by atoms with Crippen molar-refractivity contribution in [1.82, 2.24) is 52.1 Å². The number of nitrogens with two attached hydrogens (primary N) is 2. The fraction of sp³-hybridized carbons (Fsp3) is 0.711. The normalized spacial score (nSPS) is 17.5. The topological polar surface area (TPSA) is 379 Å². The molecular formula is C45H76N12O12S. The highest BCUT2D eigenvalue weighted by atomic mass is 32.2. The summed E-state index contributed by atoms with van der Waals surface area (Å²) in [6.45, 7) is 14.9. The molecule has 0 saturated carbocycles. The molecule has 9 amide bonds. The molecule has 0 aliphatic carbocycles. The number of imidazole rings is 1. The Kier molecular flexibility index (Phi) is 24.8. The third-order valence-electron chi connectivity index (χ3n) is 11.6. The first-order valence-electron chi connectivity index (χ1n) is 23.5. The molecule has 0 radical (unpaired) electrons. The minimum atomic E-state index is -1.63. The summed E-state index contributed by atoms with van der Waals surface area (Å²) in [5.41, 5.74) is 11.4. The van der Waals surface area contributed by atoms with Gasteiger partial charge in [-0.15, -0.1) is 0 Å². The molecule has 1 fully saturated rings. The Morgan fingerprint density at radius 1 is 0.729 bits per heavy atom. The number of rotatable bonds is 29. The maximum Gasteiger partial charge on any atom is 0.326 e. The first kappa shape index (κ1) is 60.3. The third-order valence-corrected chi connectivity index (χ3v) is 12.2. The second-order valence-electron chi connectivity index (χ2n) is 19.1. The van der Waals surface area contributed by atoms with Crippen molar-refractivity contribution in [3.8, 4) is 0 Å². The van der Waals surface area contributed by atoms with E-state index in [2.05, 4.69) is 47.2 Å². The van der Waals surface area contributed by atoms with Crippen LogP contribution in [0.15, 0.2) is 12.5 Å². The van der Waals surface area contributed by atoms with Crippen molar-refractivity contribution in [1.29, 1.82) is 0 Å². The van der Waals surface area contributed by atoms with Gasteiger partial charge >= 0.3 is 5.97 Å². The van der Waals surface area contributed by atoms with E-state index in [9.17, 15) is 58.2 Å². The van der Waals surface area contributed by atoms with Crippen LogP contribution in [0.3, 0.4) is 0 Å². The molecule has 1 aliphatic rings. The SMILES string of the molecule is CSCC[C@H](NC(=O)[C@@H]1CCCN1C(=O)[C@@H](NC(=O)[C@H](CC(C)C)NC(=O)[C@@H](N)CC(N)=O)C(C)C)C(=O)N[C@H](C(=O)N[C@@H](Cc1cnc[nH]1)C(=O)N[C@H](C(=O)N[C@H](C(=O)O)C(C)C)[C@@H](C)O)C(C)C. The number of thioether (sulfide) groups is 1. The van der Waals surface area contributed by atoms with Crippen LogP contribution in [-0.4, -0.2) is 163 Å². The summed E-state index contributed by atoms with van der Waals surface area (Å²) in [5, 5.41) is 38.3. The van der Waals surface area contributed by atoms with E-state index in [0.717, 1.165) is 0 Å². The van der Waals surface area contributed by atoms with Gasteiger partial charge in [-0.2, -0.15) is 11.8 Å². The fourth-order valence-electron chi connectivity index (χ4n) is 7.60. The number of hydrogen-bond acceptors (Lipinski definition) is 14. The van der Waals surface area contributed by atoms with E-state index in [-0.39, 0.29) is 38.1 Å². The first-order valence-corrected chi connectivity index (χ1v) is 24.9. The summed E-state index contributed by atoms with van der Waals surface area (Å²) < 4.78 is 0. The monoisotopic (exact) mass is 1010 g/mol. The van der Waals surface area contributed by atoms with Crippen molar-refractivity contribution in [2.45, 2.75) is 161 Å². The number of likely N-dealkylation sites (tertiary alicyclic amines) is 1. The van der Waals surface area contributed by atoms with Gasteiger partial charge in [0.2, 0.25) is 53.2 Å². The van der Waals surface area contributed by atoms with Gasteiger partial charge in [0.25, 0.3) is 0 Å². The van der Waals surface area contributed by atoms with Crippen molar-refractivity contribution in [2.75, 3.05) is 18.6 Å². The molecule has 0 aromatic carbocycles. The van der Waals surface area contributed by atoms with Gasteiger partial charge in [-0.05, 0) is 68.3 Å². The molecule has 70 heavy (non-hydrogen) atoms. The van der Waals surface area contributed by atoms with Crippen LogP contribution in [0, 0.1) is 23.7 Å². The molecule has 10 atom stereocenters. The Labute approximate surface area is 413 Å². The van der Waals surface area contributed by atoms with Gasteiger partial charge in [0.05, 0.1) is 24.9 Å². The van der Waals surface area contributed by atoms with E-state index in [1.807, 2.05) is 13.8 Å². The number of H-pyrrole nitrogens is 1. The maximum atomic E-state index is 14.2. The minimum absolute atomic E-state index is 0.0800. The van der Waals surface area contributed by atoms with Gasteiger partial charge in [0.15, 0.2) is 0 Å². The van der Waals surface area contributed by atoms with Crippen LogP contribution < -0.4 is 48.7 Å².